The van der Waals surface area contributed by atoms with Crippen molar-refractivity contribution in [2.24, 2.45) is 0 Å². The van der Waals surface area contributed by atoms with E-state index in [9.17, 15) is 4.79 Å². The fourth-order valence-electron chi connectivity index (χ4n) is 3.25. The number of pyridine rings is 1. The van der Waals surface area contributed by atoms with Gasteiger partial charge in [0.1, 0.15) is 11.6 Å². The van der Waals surface area contributed by atoms with Crippen LogP contribution in [0.25, 0.3) is 0 Å². The van der Waals surface area contributed by atoms with Crippen molar-refractivity contribution in [1.29, 1.82) is 0 Å². The van der Waals surface area contributed by atoms with E-state index in [2.05, 4.69) is 16.0 Å². The minimum absolute atomic E-state index is 0.0308. The highest BCUT2D eigenvalue weighted by molar-refractivity contribution is 5.93. The number of nitrogens with zero attached hydrogens (tertiary/aromatic N) is 3. The first-order valence-electron chi connectivity index (χ1n) is 8.19. The van der Waals surface area contributed by atoms with Crippen molar-refractivity contribution in [3.63, 3.8) is 0 Å². The van der Waals surface area contributed by atoms with Crippen LogP contribution in [-0.2, 0) is 0 Å². The van der Waals surface area contributed by atoms with Crippen molar-refractivity contribution in [3.05, 3.63) is 53.7 Å². The van der Waals surface area contributed by atoms with Crippen LogP contribution < -0.4 is 9.64 Å². The normalized spacial score (nSPS) is 17.0. The van der Waals surface area contributed by atoms with Crippen LogP contribution in [0.1, 0.15) is 34.8 Å². The highest BCUT2D eigenvalue weighted by Crippen LogP contribution is 2.39. The van der Waals surface area contributed by atoms with E-state index < -0.39 is 0 Å². The van der Waals surface area contributed by atoms with Crippen LogP contribution in [0.4, 0.5) is 5.82 Å². The van der Waals surface area contributed by atoms with Crippen molar-refractivity contribution in [1.82, 2.24) is 9.88 Å². The number of hydrogen-bond donors (Lipinski definition) is 0. The van der Waals surface area contributed by atoms with Gasteiger partial charge in [0.05, 0.1) is 18.7 Å². The molecule has 126 valence electrons. The van der Waals surface area contributed by atoms with Gasteiger partial charge in [0.25, 0.3) is 5.91 Å². The third-order valence-corrected chi connectivity index (χ3v) is 4.45. The van der Waals surface area contributed by atoms with Gasteiger partial charge in [-0.1, -0.05) is 18.2 Å². The Bertz CT molecular complexity index is 713. The van der Waals surface area contributed by atoms with Crippen molar-refractivity contribution in [2.45, 2.75) is 18.9 Å². The minimum atomic E-state index is -0.0308. The van der Waals surface area contributed by atoms with Crippen molar-refractivity contribution < 1.29 is 9.53 Å². The van der Waals surface area contributed by atoms with Crippen LogP contribution >= 0.6 is 0 Å². The number of anilines is 1. The molecular weight excluding hydrogens is 302 g/mol. The second-order valence-electron chi connectivity index (χ2n) is 6.20. The van der Waals surface area contributed by atoms with Gasteiger partial charge < -0.3 is 14.5 Å². The summed E-state index contributed by atoms with van der Waals surface area (Å²) < 4.78 is 5.52. The first-order chi connectivity index (χ1) is 11.6. The zero-order valence-corrected chi connectivity index (χ0v) is 14.4. The topological polar surface area (TPSA) is 45.7 Å². The molecule has 0 radical (unpaired) electrons. The lowest BCUT2D eigenvalue weighted by Gasteiger charge is -2.27. The Kier molecular flexibility index (Phi) is 4.69. The average Bonchev–Trinajstić information content (AvgIpc) is 3.10. The molecule has 1 aliphatic rings. The summed E-state index contributed by atoms with van der Waals surface area (Å²) in [6.07, 6.45) is 3.85. The molecule has 1 aromatic heterocycles. The van der Waals surface area contributed by atoms with Gasteiger partial charge >= 0.3 is 0 Å². The number of amides is 1. The molecule has 2 aromatic rings. The maximum atomic E-state index is 12.0. The predicted molar refractivity (Wildman–Crippen MR) is 94.6 cm³/mol. The Morgan fingerprint density at radius 2 is 2.04 bits per heavy atom. The van der Waals surface area contributed by atoms with E-state index in [1.54, 1.807) is 32.3 Å². The maximum Gasteiger partial charge on any atom is 0.254 e. The van der Waals surface area contributed by atoms with E-state index in [4.69, 9.17) is 4.74 Å². The van der Waals surface area contributed by atoms with Crippen molar-refractivity contribution >= 4 is 11.7 Å². The molecule has 1 aromatic carbocycles. The number of benzene rings is 1. The lowest BCUT2D eigenvalue weighted by atomic mass is 10.0. The van der Waals surface area contributed by atoms with Gasteiger partial charge in [0.2, 0.25) is 0 Å². The monoisotopic (exact) mass is 325 g/mol. The number of aromatic nitrogens is 1. The molecule has 5 nitrogen and oxygen atoms in total. The molecule has 1 saturated heterocycles. The average molecular weight is 325 g/mol. The van der Waals surface area contributed by atoms with Crippen LogP contribution in [0.2, 0.25) is 0 Å². The summed E-state index contributed by atoms with van der Waals surface area (Å²) in [6.45, 7) is 0.955. The lowest BCUT2D eigenvalue weighted by molar-refractivity contribution is 0.0827. The molecule has 24 heavy (non-hydrogen) atoms. The van der Waals surface area contributed by atoms with Crippen LogP contribution in [-0.4, -0.2) is 43.5 Å². The molecule has 0 spiro atoms. The smallest absolute Gasteiger partial charge is 0.254 e. The molecule has 0 N–H and O–H groups in total. The van der Waals surface area contributed by atoms with E-state index >= 15 is 0 Å². The summed E-state index contributed by atoms with van der Waals surface area (Å²) in [5, 5.41) is 0. The number of rotatable bonds is 4. The number of hydrogen-bond acceptors (Lipinski definition) is 4. The minimum Gasteiger partial charge on any atom is -0.496 e. The number of para-hydroxylation sites is 1. The van der Waals surface area contributed by atoms with E-state index in [-0.39, 0.29) is 11.9 Å². The summed E-state index contributed by atoms with van der Waals surface area (Å²) in [5.41, 5.74) is 1.80. The Labute approximate surface area is 142 Å². The number of carbonyl (C=O) groups excluding carboxylic acids is 1. The van der Waals surface area contributed by atoms with Crippen molar-refractivity contribution in [3.8, 4) is 5.75 Å². The highest BCUT2D eigenvalue weighted by atomic mass is 16.5. The molecule has 1 fully saturated rings. The molecule has 3 rings (SSSR count). The maximum absolute atomic E-state index is 12.0. The Morgan fingerprint density at radius 1 is 1.25 bits per heavy atom. The summed E-state index contributed by atoms with van der Waals surface area (Å²) in [4.78, 5) is 20.4. The Balaban J connectivity index is 1.87. The predicted octanol–water partition coefficient (Wildman–Crippen LogP) is 3.13. The molecular formula is C19H23N3O2. The Morgan fingerprint density at radius 3 is 2.71 bits per heavy atom. The second kappa shape index (κ2) is 6.91. The molecule has 1 amide bonds. The van der Waals surface area contributed by atoms with Crippen LogP contribution in [0, 0.1) is 0 Å². The van der Waals surface area contributed by atoms with E-state index in [1.165, 1.54) is 5.56 Å². The Hall–Kier alpha value is -2.56. The third kappa shape index (κ3) is 3.07. The van der Waals surface area contributed by atoms with E-state index in [0.717, 1.165) is 31.0 Å². The van der Waals surface area contributed by atoms with E-state index in [1.807, 2.05) is 30.3 Å². The van der Waals surface area contributed by atoms with Gasteiger partial charge in [-0.3, -0.25) is 4.79 Å². The fraction of sp³-hybridized carbons (Fsp3) is 0.368. The SMILES string of the molecule is COc1ccccc1C1CCCN1c1ccc(C(=O)N(C)C)cn1. The van der Waals surface area contributed by atoms with Crippen molar-refractivity contribution in [2.75, 3.05) is 32.6 Å². The summed E-state index contributed by atoms with van der Waals surface area (Å²) in [5.74, 6) is 1.78. The lowest BCUT2D eigenvalue weighted by Crippen LogP contribution is -2.25. The highest BCUT2D eigenvalue weighted by Gasteiger charge is 2.29. The largest absolute Gasteiger partial charge is 0.496 e. The molecule has 1 unspecified atom stereocenters. The first kappa shape index (κ1) is 16.3. The molecule has 2 heterocycles. The fourth-order valence-corrected chi connectivity index (χ4v) is 3.25. The molecule has 0 saturated carbocycles. The number of carbonyl (C=O) groups is 1. The zero-order chi connectivity index (χ0) is 17.1. The third-order valence-electron chi connectivity index (χ3n) is 4.45. The van der Waals surface area contributed by atoms with Gasteiger partial charge in [0.15, 0.2) is 0 Å². The van der Waals surface area contributed by atoms with Gasteiger partial charge in [-0.15, -0.1) is 0 Å². The zero-order valence-electron chi connectivity index (χ0n) is 14.4. The molecule has 5 heteroatoms. The first-order valence-corrected chi connectivity index (χ1v) is 8.19. The van der Waals surface area contributed by atoms with Gasteiger partial charge in [-0.2, -0.15) is 0 Å². The number of methoxy groups -OCH3 is 1. The van der Waals surface area contributed by atoms with Crippen LogP contribution in [0.5, 0.6) is 5.75 Å². The summed E-state index contributed by atoms with van der Waals surface area (Å²) in [7, 11) is 5.20. The van der Waals surface area contributed by atoms with Gasteiger partial charge in [0, 0.05) is 32.4 Å². The summed E-state index contributed by atoms with van der Waals surface area (Å²) in [6, 6.07) is 12.2. The second-order valence-corrected chi connectivity index (χ2v) is 6.20. The van der Waals surface area contributed by atoms with Gasteiger partial charge in [-0.25, -0.2) is 4.98 Å². The molecule has 1 atom stereocenters. The summed E-state index contributed by atoms with van der Waals surface area (Å²) >= 11 is 0. The quantitative estimate of drug-likeness (QED) is 0.866. The molecule has 0 bridgehead atoms. The van der Waals surface area contributed by atoms with Crippen LogP contribution in [0.3, 0.4) is 0 Å². The van der Waals surface area contributed by atoms with E-state index in [0.29, 0.717) is 5.56 Å². The molecule has 1 aliphatic heterocycles. The standard InChI is InChI=1S/C19H23N3O2/c1-21(2)19(23)14-10-11-18(20-13-14)22-12-6-8-16(22)15-7-4-5-9-17(15)24-3/h4-5,7,9-11,13,16H,6,8,12H2,1-3H3. The van der Waals surface area contributed by atoms with Gasteiger partial charge in [-0.05, 0) is 31.0 Å². The number of ether oxygens (including phenoxy) is 1. The van der Waals surface area contributed by atoms with Crippen LogP contribution in [0.15, 0.2) is 42.6 Å². The molecule has 0 aliphatic carbocycles.